The molecule has 0 saturated carbocycles. The molecule has 0 saturated heterocycles. The highest BCUT2D eigenvalue weighted by Gasteiger charge is 2.31. The number of halogens is 4. The van der Waals surface area contributed by atoms with Gasteiger partial charge >= 0.3 is 6.18 Å². The van der Waals surface area contributed by atoms with Gasteiger partial charge in [-0.25, -0.2) is 4.68 Å². The summed E-state index contributed by atoms with van der Waals surface area (Å²) in [6.45, 7) is 3.94. The standard InChI is InChI=1S/C13H11BrF3N3/c1-2-20-8-9(7-19-20)6-18-12-4-10(13(15,16)17)3-11(14)5-12/h2-5,7-8,18H,1,6H2. The summed E-state index contributed by atoms with van der Waals surface area (Å²) in [7, 11) is 0. The van der Waals surface area contributed by atoms with E-state index in [0.717, 1.165) is 17.7 Å². The first-order valence-electron chi connectivity index (χ1n) is 5.66. The SMILES string of the molecule is C=Cn1cc(CNc2cc(Br)cc(C(F)(F)F)c2)cn1. The largest absolute Gasteiger partial charge is 0.416 e. The summed E-state index contributed by atoms with van der Waals surface area (Å²) < 4.78 is 40.0. The highest BCUT2D eigenvalue weighted by Crippen LogP contribution is 2.33. The highest BCUT2D eigenvalue weighted by molar-refractivity contribution is 9.10. The zero-order chi connectivity index (χ0) is 14.8. The zero-order valence-electron chi connectivity index (χ0n) is 10.3. The predicted molar refractivity (Wildman–Crippen MR) is 75.1 cm³/mol. The van der Waals surface area contributed by atoms with E-state index in [4.69, 9.17) is 0 Å². The van der Waals surface area contributed by atoms with Crippen molar-refractivity contribution in [3.05, 3.63) is 52.8 Å². The fourth-order valence-electron chi connectivity index (χ4n) is 1.63. The van der Waals surface area contributed by atoms with E-state index in [9.17, 15) is 13.2 Å². The van der Waals surface area contributed by atoms with Crippen molar-refractivity contribution < 1.29 is 13.2 Å². The maximum Gasteiger partial charge on any atom is 0.416 e. The smallest absolute Gasteiger partial charge is 0.381 e. The van der Waals surface area contributed by atoms with Gasteiger partial charge in [0.15, 0.2) is 0 Å². The Bertz CT molecular complexity index is 620. The summed E-state index contributed by atoms with van der Waals surface area (Å²) in [6.07, 6.45) is 0.526. The lowest BCUT2D eigenvalue weighted by molar-refractivity contribution is -0.137. The molecule has 0 amide bonds. The molecule has 2 rings (SSSR count). The summed E-state index contributed by atoms with van der Waals surface area (Å²) in [5, 5.41) is 6.92. The Morgan fingerprint density at radius 1 is 1.35 bits per heavy atom. The average molecular weight is 346 g/mol. The van der Waals surface area contributed by atoms with Gasteiger partial charge in [0.25, 0.3) is 0 Å². The van der Waals surface area contributed by atoms with Crippen molar-refractivity contribution in [2.45, 2.75) is 12.7 Å². The molecular weight excluding hydrogens is 335 g/mol. The monoisotopic (exact) mass is 345 g/mol. The minimum absolute atomic E-state index is 0.372. The molecule has 0 aliphatic carbocycles. The predicted octanol–water partition coefficient (Wildman–Crippen LogP) is 4.38. The van der Waals surface area contributed by atoms with E-state index >= 15 is 0 Å². The van der Waals surface area contributed by atoms with Crippen LogP contribution in [0.15, 0.2) is 41.6 Å². The Morgan fingerprint density at radius 3 is 2.70 bits per heavy atom. The molecule has 1 aromatic heterocycles. The number of benzene rings is 1. The van der Waals surface area contributed by atoms with Crippen LogP contribution in [0.1, 0.15) is 11.1 Å². The summed E-state index contributed by atoms with van der Waals surface area (Å²) in [5.41, 5.74) is 0.535. The van der Waals surface area contributed by atoms with Gasteiger partial charge in [0.05, 0.1) is 11.8 Å². The zero-order valence-corrected chi connectivity index (χ0v) is 11.9. The number of nitrogens with one attached hydrogen (secondary N) is 1. The average Bonchev–Trinajstić information content (AvgIpc) is 2.82. The van der Waals surface area contributed by atoms with Gasteiger partial charge in [0.1, 0.15) is 0 Å². The second kappa shape index (κ2) is 5.70. The first-order valence-corrected chi connectivity index (χ1v) is 6.45. The number of aromatic nitrogens is 2. The van der Waals surface area contributed by atoms with E-state index in [0.29, 0.717) is 16.7 Å². The van der Waals surface area contributed by atoms with Crippen molar-refractivity contribution in [2.24, 2.45) is 0 Å². The Balaban J connectivity index is 2.13. The molecule has 1 N–H and O–H groups in total. The molecule has 0 atom stereocenters. The van der Waals surface area contributed by atoms with Gasteiger partial charge in [-0.05, 0) is 18.2 Å². The summed E-state index contributed by atoms with van der Waals surface area (Å²) in [6, 6.07) is 3.71. The molecular formula is C13H11BrF3N3. The third kappa shape index (κ3) is 3.63. The van der Waals surface area contributed by atoms with Gasteiger partial charge < -0.3 is 5.32 Å². The van der Waals surface area contributed by atoms with Crippen LogP contribution < -0.4 is 5.32 Å². The van der Waals surface area contributed by atoms with Crippen LogP contribution in [0.5, 0.6) is 0 Å². The van der Waals surface area contributed by atoms with E-state index in [-0.39, 0.29) is 0 Å². The quantitative estimate of drug-likeness (QED) is 0.891. The minimum Gasteiger partial charge on any atom is -0.381 e. The van der Waals surface area contributed by atoms with E-state index in [1.165, 1.54) is 10.9 Å². The van der Waals surface area contributed by atoms with Crippen molar-refractivity contribution in [1.82, 2.24) is 9.78 Å². The Labute approximate surface area is 122 Å². The lowest BCUT2D eigenvalue weighted by Gasteiger charge is -2.11. The minimum atomic E-state index is -4.37. The maximum atomic E-state index is 12.7. The van der Waals surface area contributed by atoms with Crippen LogP contribution in [0, 0.1) is 0 Å². The molecule has 0 aliphatic rings. The normalized spacial score (nSPS) is 11.4. The second-order valence-electron chi connectivity index (χ2n) is 4.09. The van der Waals surface area contributed by atoms with Crippen molar-refractivity contribution in [3.8, 4) is 0 Å². The molecule has 0 fully saturated rings. The molecule has 0 radical (unpaired) electrons. The topological polar surface area (TPSA) is 29.9 Å². The molecule has 3 nitrogen and oxygen atoms in total. The number of anilines is 1. The van der Waals surface area contributed by atoms with E-state index < -0.39 is 11.7 Å². The molecule has 0 unspecified atom stereocenters. The van der Waals surface area contributed by atoms with Crippen LogP contribution in [0.25, 0.3) is 6.20 Å². The van der Waals surface area contributed by atoms with Gasteiger partial charge in [0.2, 0.25) is 0 Å². The highest BCUT2D eigenvalue weighted by atomic mass is 79.9. The van der Waals surface area contributed by atoms with Crippen molar-refractivity contribution >= 4 is 27.8 Å². The van der Waals surface area contributed by atoms with Crippen LogP contribution >= 0.6 is 15.9 Å². The molecule has 0 spiro atoms. The lowest BCUT2D eigenvalue weighted by atomic mass is 10.2. The van der Waals surface area contributed by atoms with Gasteiger partial charge in [-0.3, -0.25) is 0 Å². The third-order valence-electron chi connectivity index (χ3n) is 2.56. The molecule has 7 heteroatoms. The molecule has 20 heavy (non-hydrogen) atoms. The number of hydrogen-bond donors (Lipinski definition) is 1. The van der Waals surface area contributed by atoms with Crippen LogP contribution in [0.4, 0.5) is 18.9 Å². The van der Waals surface area contributed by atoms with Gasteiger partial charge in [-0.2, -0.15) is 18.3 Å². The van der Waals surface area contributed by atoms with Crippen LogP contribution in [-0.2, 0) is 12.7 Å². The molecule has 0 bridgehead atoms. The second-order valence-corrected chi connectivity index (χ2v) is 5.01. The summed E-state index contributed by atoms with van der Waals surface area (Å²) in [4.78, 5) is 0. The molecule has 1 heterocycles. The lowest BCUT2D eigenvalue weighted by Crippen LogP contribution is -2.06. The number of rotatable bonds is 4. The Kier molecular flexibility index (Phi) is 4.17. The molecule has 1 aromatic carbocycles. The first-order chi connectivity index (χ1) is 9.38. The van der Waals surface area contributed by atoms with Crippen molar-refractivity contribution in [3.63, 3.8) is 0 Å². The van der Waals surface area contributed by atoms with Gasteiger partial charge in [0, 0.05) is 34.7 Å². The van der Waals surface area contributed by atoms with Gasteiger partial charge in [-0.1, -0.05) is 22.5 Å². The van der Waals surface area contributed by atoms with Crippen molar-refractivity contribution in [2.75, 3.05) is 5.32 Å². The number of alkyl halides is 3. The van der Waals surface area contributed by atoms with Gasteiger partial charge in [-0.15, -0.1) is 0 Å². The Morgan fingerprint density at radius 2 is 2.10 bits per heavy atom. The maximum absolute atomic E-state index is 12.7. The fourth-order valence-corrected chi connectivity index (χ4v) is 2.12. The number of hydrogen-bond acceptors (Lipinski definition) is 2. The fraction of sp³-hybridized carbons (Fsp3) is 0.154. The van der Waals surface area contributed by atoms with E-state index in [1.54, 1.807) is 18.5 Å². The number of nitrogens with zero attached hydrogens (tertiary/aromatic N) is 2. The van der Waals surface area contributed by atoms with Crippen LogP contribution in [-0.4, -0.2) is 9.78 Å². The van der Waals surface area contributed by atoms with Crippen LogP contribution in [0.3, 0.4) is 0 Å². The summed E-state index contributed by atoms with van der Waals surface area (Å²) >= 11 is 3.08. The first kappa shape index (κ1) is 14.6. The molecule has 2 aromatic rings. The van der Waals surface area contributed by atoms with E-state index in [1.807, 2.05) is 0 Å². The van der Waals surface area contributed by atoms with Crippen molar-refractivity contribution in [1.29, 1.82) is 0 Å². The van der Waals surface area contributed by atoms with E-state index in [2.05, 4.69) is 32.9 Å². The molecule has 0 aliphatic heterocycles. The molecule has 106 valence electrons. The van der Waals surface area contributed by atoms with Crippen LogP contribution in [0.2, 0.25) is 0 Å². The third-order valence-corrected chi connectivity index (χ3v) is 3.02. The summed E-state index contributed by atoms with van der Waals surface area (Å²) in [5.74, 6) is 0. The Hall–Kier alpha value is -1.76.